The maximum absolute atomic E-state index is 11.5. The Labute approximate surface area is 90.4 Å². The Morgan fingerprint density at radius 1 is 1.53 bits per heavy atom. The summed E-state index contributed by atoms with van der Waals surface area (Å²) in [6.45, 7) is 5.06. The molecular weight excluding hydrogens is 194 g/mol. The second-order valence-corrected chi connectivity index (χ2v) is 4.29. The van der Waals surface area contributed by atoms with E-state index in [1.807, 2.05) is 4.90 Å². The maximum Gasteiger partial charge on any atom is 0.317 e. The third-order valence-corrected chi connectivity index (χ3v) is 2.93. The number of amides is 2. The van der Waals surface area contributed by atoms with Gasteiger partial charge in [0.15, 0.2) is 0 Å². The summed E-state index contributed by atoms with van der Waals surface area (Å²) in [6.07, 6.45) is 1.21. The minimum absolute atomic E-state index is 0.0538. The van der Waals surface area contributed by atoms with Gasteiger partial charge in [0.05, 0.1) is 12.7 Å². The van der Waals surface area contributed by atoms with Gasteiger partial charge in [0.2, 0.25) is 0 Å². The lowest BCUT2D eigenvalue weighted by molar-refractivity contribution is -0.0314. The van der Waals surface area contributed by atoms with Gasteiger partial charge in [-0.2, -0.15) is 0 Å². The number of carbonyl (C=O) groups excluding carboxylic acids is 1. The summed E-state index contributed by atoms with van der Waals surface area (Å²) in [6, 6.07) is 0.0538. The van der Waals surface area contributed by atoms with E-state index in [0.29, 0.717) is 0 Å². The van der Waals surface area contributed by atoms with Gasteiger partial charge in [-0.25, -0.2) is 4.79 Å². The lowest BCUT2D eigenvalue weighted by Gasteiger charge is -2.35. The number of likely N-dealkylation sites (N-methyl/N-ethyl adjacent to an activating group) is 1. The molecule has 0 aliphatic carbocycles. The van der Waals surface area contributed by atoms with Crippen LogP contribution >= 0.6 is 0 Å². The zero-order valence-corrected chi connectivity index (χ0v) is 9.24. The molecule has 0 aromatic carbocycles. The number of hydrogen-bond donors (Lipinski definition) is 1. The molecule has 2 heterocycles. The van der Waals surface area contributed by atoms with E-state index in [1.165, 1.54) is 0 Å². The van der Waals surface area contributed by atoms with Crippen LogP contribution in [0.3, 0.4) is 0 Å². The first-order valence-electron chi connectivity index (χ1n) is 5.58. The van der Waals surface area contributed by atoms with Gasteiger partial charge in [-0.05, 0) is 13.5 Å². The Hall–Kier alpha value is -0.810. The van der Waals surface area contributed by atoms with Crippen LogP contribution in [0.5, 0.6) is 0 Å². The highest BCUT2D eigenvalue weighted by atomic mass is 16.5. The van der Waals surface area contributed by atoms with Crippen LogP contribution in [0.25, 0.3) is 0 Å². The molecule has 2 rings (SSSR count). The molecule has 0 spiro atoms. The Balaban J connectivity index is 1.81. The number of urea groups is 1. The zero-order valence-electron chi connectivity index (χ0n) is 9.24. The van der Waals surface area contributed by atoms with Crippen LogP contribution in [-0.4, -0.2) is 68.3 Å². The summed E-state index contributed by atoms with van der Waals surface area (Å²) in [5.74, 6) is 0. The molecule has 2 aliphatic heterocycles. The molecule has 2 saturated heterocycles. The van der Waals surface area contributed by atoms with Gasteiger partial charge >= 0.3 is 6.03 Å². The van der Waals surface area contributed by atoms with Crippen LogP contribution in [0.2, 0.25) is 0 Å². The highest BCUT2D eigenvalue weighted by molar-refractivity contribution is 5.74. The molecule has 5 nitrogen and oxygen atoms in total. The van der Waals surface area contributed by atoms with E-state index < -0.39 is 0 Å². The van der Waals surface area contributed by atoms with Gasteiger partial charge in [0.1, 0.15) is 0 Å². The molecule has 0 aromatic heterocycles. The zero-order chi connectivity index (χ0) is 10.7. The van der Waals surface area contributed by atoms with Crippen molar-refractivity contribution in [3.63, 3.8) is 0 Å². The lowest BCUT2D eigenvalue weighted by Crippen LogP contribution is -2.52. The van der Waals surface area contributed by atoms with E-state index >= 15 is 0 Å². The molecule has 86 valence electrons. The summed E-state index contributed by atoms with van der Waals surface area (Å²) >= 11 is 0. The maximum atomic E-state index is 11.5. The van der Waals surface area contributed by atoms with E-state index in [4.69, 9.17) is 4.74 Å². The van der Waals surface area contributed by atoms with E-state index in [2.05, 4.69) is 17.3 Å². The van der Waals surface area contributed by atoms with E-state index in [0.717, 1.165) is 45.8 Å². The molecule has 0 radical (unpaired) electrons. The van der Waals surface area contributed by atoms with Crippen molar-refractivity contribution in [2.75, 3.05) is 46.4 Å². The summed E-state index contributed by atoms with van der Waals surface area (Å²) in [5, 5.41) is 2.85. The fourth-order valence-electron chi connectivity index (χ4n) is 2.08. The van der Waals surface area contributed by atoms with Gasteiger partial charge in [0, 0.05) is 32.7 Å². The monoisotopic (exact) mass is 213 g/mol. The molecule has 0 saturated carbocycles. The second kappa shape index (κ2) is 4.81. The molecule has 1 atom stereocenters. The minimum Gasteiger partial charge on any atom is -0.374 e. The van der Waals surface area contributed by atoms with Crippen LogP contribution in [0, 0.1) is 0 Å². The summed E-state index contributed by atoms with van der Waals surface area (Å²) in [5.41, 5.74) is 0. The van der Waals surface area contributed by atoms with Crippen molar-refractivity contribution in [2.24, 2.45) is 0 Å². The largest absolute Gasteiger partial charge is 0.374 e. The number of nitrogens with zero attached hydrogens (tertiary/aromatic N) is 2. The standard InChI is InChI=1S/C10H19N3O2/c1-12-5-6-15-9(7-12)8-13-4-2-3-11-10(13)14/h9H,2-8H2,1H3,(H,11,14). The molecule has 2 amide bonds. The number of morpholine rings is 1. The van der Waals surface area contributed by atoms with Crippen molar-refractivity contribution in [3.05, 3.63) is 0 Å². The molecule has 1 N–H and O–H groups in total. The smallest absolute Gasteiger partial charge is 0.317 e. The molecule has 1 unspecified atom stereocenters. The SMILES string of the molecule is CN1CCOC(CN2CCCNC2=O)C1. The Kier molecular flexibility index (Phi) is 3.43. The molecule has 0 aromatic rings. The number of ether oxygens (including phenoxy) is 1. The second-order valence-electron chi connectivity index (χ2n) is 4.29. The molecule has 5 heteroatoms. The fourth-order valence-corrected chi connectivity index (χ4v) is 2.08. The van der Waals surface area contributed by atoms with Crippen molar-refractivity contribution < 1.29 is 9.53 Å². The Morgan fingerprint density at radius 3 is 3.13 bits per heavy atom. The van der Waals surface area contributed by atoms with Crippen LogP contribution in [-0.2, 0) is 4.74 Å². The quantitative estimate of drug-likeness (QED) is 0.687. The van der Waals surface area contributed by atoms with Gasteiger partial charge < -0.3 is 19.9 Å². The van der Waals surface area contributed by atoms with E-state index in [-0.39, 0.29) is 12.1 Å². The fraction of sp³-hybridized carbons (Fsp3) is 0.900. The highest BCUT2D eigenvalue weighted by Gasteiger charge is 2.24. The van der Waals surface area contributed by atoms with E-state index in [1.54, 1.807) is 0 Å². The first-order valence-corrected chi connectivity index (χ1v) is 5.58. The third kappa shape index (κ3) is 2.82. The number of hydrogen-bond acceptors (Lipinski definition) is 3. The van der Waals surface area contributed by atoms with Crippen LogP contribution in [0.15, 0.2) is 0 Å². The number of rotatable bonds is 2. The molecule has 0 bridgehead atoms. The third-order valence-electron chi connectivity index (χ3n) is 2.93. The number of nitrogens with one attached hydrogen (secondary N) is 1. The lowest BCUT2D eigenvalue weighted by atomic mass is 10.2. The molecule has 15 heavy (non-hydrogen) atoms. The molecule has 2 aliphatic rings. The van der Waals surface area contributed by atoms with Gasteiger partial charge in [-0.3, -0.25) is 0 Å². The van der Waals surface area contributed by atoms with Crippen molar-refractivity contribution >= 4 is 6.03 Å². The predicted octanol–water partition coefficient (Wildman–Crippen LogP) is -0.268. The Morgan fingerprint density at radius 2 is 2.40 bits per heavy atom. The van der Waals surface area contributed by atoms with Crippen molar-refractivity contribution in [3.8, 4) is 0 Å². The highest BCUT2D eigenvalue weighted by Crippen LogP contribution is 2.07. The van der Waals surface area contributed by atoms with Crippen molar-refractivity contribution in [1.29, 1.82) is 0 Å². The average molecular weight is 213 g/mol. The molecule has 2 fully saturated rings. The van der Waals surface area contributed by atoms with Crippen molar-refractivity contribution in [2.45, 2.75) is 12.5 Å². The molecular formula is C10H19N3O2. The van der Waals surface area contributed by atoms with E-state index in [9.17, 15) is 4.79 Å². The minimum atomic E-state index is 0.0538. The van der Waals surface area contributed by atoms with Crippen molar-refractivity contribution in [1.82, 2.24) is 15.1 Å². The first-order chi connectivity index (χ1) is 7.25. The normalized spacial score (nSPS) is 29.0. The van der Waals surface area contributed by atoms with Gasteiger partial charge in [-0.15, -0.1) is 0 Å². The summed E-state index contributed by atoms with van der Waals surface area (Å²) < 4.78 is 5.64. The van der Waals surface area contributed by atoms with Crippen LogP contribution in [0.4, 0.5) is 4.79 Å². The number of carbonyl (C=O) groups is 1. The van der Waals surface area contributed by atoms with Crippen LogP contribution < -0.4 is 5.32 Å². The predicted molar refractivity (Wildman–Crippen MR) is 56.8 cm³/mol. The topological polar surface area (TPSA) is 44.8 Å². The first kappa shape index (κ1) is 10.7. The summed E-state index contributed by atoms with van der Waals surface area (Å²) in [4.78, 5) is 15.6. The average Bonchev–Trinajstić information content (AvgIpc) is 2.22. The van der Waals surface area contributed by atoms with Crippen LogP contribution in [0.1, 0.15) is 6.42 Å². The Bertz CT molecular complexity index is 235. The summed E-state index contributed by atoms with van der Waals surface area (Å²) in [7, 11) is 2.09. The van der Waals surface area contributed by atoms with Gasteiger partial charge in [0.25, 0.3) is 0 Å². The van der Waals surface area contributed by atoms with Gasteiger partial charge in [-0.1, -0.05) is 0 Å².